The molecular weight excluding hydrogens is 344 g/mol. The van der Waals surface area contributed by atoms with Crippen LogP contribution in [0.25, 0.3) is 0 Å². The lowest BCUT2D eigenvalue weighted by Gasteiger charge is -2.15. The molecule has 6 heteroatoms. The number of nitrogens with zero attached hydrogens (tertiary/aromatic N) is 1. The van der Waals surface area contributed by atoms with Gasteiger partial charge in [-0.05, 0) is 48.2 Å². The quantitative estimate of drug-likeness (QED) is 0.853. The molecule has 2 aromatic rings. The van der Waals surface area contributed by atoms with Gasteiger partial charge in [0.1, 0.15) is 0 Å². The normalized spacial score (nSPS) is 15.3. The Kier molecular flexibility index (Phi) is 4.96. The number of fused-ring (bicyclic) bond motifs is 1. The molecule has 0 atom stereocenters. The second-order valence-electron chi connectivity index (χ2n) is 6.78. The highest BCUT2D eigenvalue weighted by atomic mass is 16.7. The van der Waals surface area contributed by atoms with E-state index in [1.807, 2.05) is 42.5 Å². The van der Waals surface area contributed by atoms with Gasteiger partial charge in [-0.1, -0.05) is 18.2 Å². The molecular formula is C21H22N2O4. The van der Waals surface area contributed by atoms with Crippen LogP contribution in [0.1, 0.15) is 24.0 Å². The predicted molar refractivity (Wildman–Crippen MR) is 101 cm³/mol. The van der Waals surface area contributed by atoms with Crippen molar-refractivity contribution in [3.63, 3.8) is 0 Å². The fourth-order valence-electron chi connectivity index (χ4n) is 3.41. The zero-order chi connectivity index (χ0) is 18.6. The summed E-state index contributed by atoms with van der Waals surface area (Å²) in [5, 5.41) is 2.95. The maximum Gasteiger partial charge on any atom is 0.231 e. The molecule has 140 valence electrons. The number of ether oxygens (including phenoxy) is 2. The molecule has 1 fully saturated rings. The second kappa shape index (κ2) is 7.70. The monoisotopic (exact) mass is 366 g/mol. The molecule has 1 N–H and O–H groups in total. The van der Waals surface area contributed by atoms with E-state index in [1.54, 1.807) is 4.90 Å². The first kappa shape index (κ1) is 17.4. The van der Waals surface area contributed by atoms with E-state index in [2.05, 4.69) is 5.32 Å². The lowest BCUT2D eigenvalue weighted by Crippen LogP contribution is -2.27. The SMILES string of the molecule is O=C(Cc1ccc(N2CCCC2=O)cc1)NCCc1ccc2c(c1)OCO2. The van der Waals surface area contributed by atoms with Crippen molar-refractivity contribution in [2.24, 2.45) is 0 Å². The van der Waals surface area contributed by atoms with Crippen LogP contribution in [0, 0.1) is 0 Å². The van der Waals surface area contributed by atoms with Gasteiger partial charge in [-0.15, -0.1) is 0 Å². The van der Waals surface area contributed by atoms with Crippen molar-refractivity contribution >= 4 is 17.5 Å². The Balaban J connectivity index is 1.25. The molecule has 0 spiro atoms. The summed E-state index contributed by atoms with van der Waals surface area (Å²) in [4.78, 5) is 25.7. The van der Waals surface area contributed by atoms with Crippen molar-refractivity contribution in [3.8, 4) is 11.5 Å². The highest BCUT2D eigenvalue weighted by Crippen LogP contribution is 2.32. The van der Waals surface area contributed by atoms with Gasteiger partial charge in [-0.2, -0.15) is 0 Å². The largest absolute Gasteiger partial charge is 0.454 e. The number of carbonyl (C=O) groups excluding carboxylic acids is 2. The maximum absolute atomic E-state index is 12.2. The first-order chi connectivity index (χ1) is 13.2. The van der Waals surface area contributed by atoms with Crippen LogP contribution in [0.4, 0.5) is 5.69 Å². The number of hydrogen-bond donors (Lipinski definition) is 1. The predicted octanol–water partition coefficient (Wildman–Crippen LogP) is 2.44. The number of hydrogen-bond acceptors (Lipinski definition) is 4. The Morgan fingerprint density at radius 2 is 1.81 bits per heavy atom. The zero-order valence-corrected chi connectivity index (χ0v) is 15.1. The van der Waals surface area contributed by atoms with Crippen LogP contribution in [0.5, 0.6) is 11.5 Å². The number of amides is 2. The third kappa shape index (κ3) is 4.05. The molecule has 4 rings (SSSR count). The van der Waals surface area contributed by atoms with Crippen molar-refractivity contribution in [1.82, 2.24) is 5.32 Å². The molecule has 0 aromatic heterocycles. The smallest absolute Gasteiger partial charge is 0.231 e. The minimum Gasteiger partial charge on any atom is -0.454 e. The van der Waals surface area contributed by atoms with Crippen molar-refractivity contribution in [2.75, 3.05) is 24.8 Å². The molecule has 0 bridgehead atoms. The van der Waals surface area contributed by atoms with Crippen molar-refractivity contribution in [2.45, 2.75) is 25.7 Å². The van der Waals surface area contributed by atoms with Gasteiger partial charge in [0.25, 0.3) is 0 Å². The topological polar surface area (TPSA) is 67.9 Å². The minimum absolute atomic E-state index is 0.0132. The summed E-state index contributed by atoms with van der Waals surface area (Å²) in [6, 6.07) is 13.5. The number of benzene rings is 2. The van der Waals surface area contributed by atoms with E-state index in [1.165, 1.54) is 0 Å². The lowest BCUT2D eigenvalue weighted by molar-refractivity contribution is -0.120. The van der Waals surface area contributed by atoms with Gasteiger partial charge >= 0.3 is 0 Å². The molecule has 2 aromatic carbocycles. The molecule has 27 heavy (non-hydrogen) atoms. The molecule has 0 unspecified atom stereocenters. The summed E-state index contributed by atoms with van der Waals surface area (Å²) in [5.74, 6) is 1.68. The molecule has 2 heterocycles. The van der Waals surface area contributed by atoms with E-state index in [-0.39, 0.29) is 18.6 Å². The first-order valence-corrected chi connectivity index (χ1v) is 9.23. The van der Waals surface area contributed by atoms with Crippen LogP contribution in [-0.2, 0) is 22.4 Å². The van der Waals surface area contributed by atoms with Gasteiger partial charge in [-0.3, -0.25) is 9.59 Å². The van der Waals surface area contributed by atoms with Crippen molar-refractivity contribution in [1.29, 1.82) is 0 Å². The number of carbonyl (C=O) groups is 2. The van der Waals surface area contributed by atoms with Gasteiger partial charge in [0.15, 0.2) is 11.5 Å². The van der Waals surface area contributed by atoms with Crippen LogP contribution in [0.3, 0.4) is 0 Å². The molecule has 0 saturated carbocycles. The first-order valence-electron chi connectivity index (χ1n) is 9.23. The van der Waals surface area contributed by atoms with E-state index in [0.29, 0.717) is 19.4 Å². The Bertz CT molecular complexity index is 848. The van der Waals surface area contributed by atoms with E-state index in [4.69, 9.17) is 9.47 Å². The lowest BCUT2D eigenvalue weighted by atomic mass is 10.1. The zero-order valence-electron chi connectivity index (χ0n) is 15.1. The molecule has 2 amide bonds. The van der Waals surface area contributed by atoms with Gasteiger partial charge in [0.05, 0.1) is 6.42 Å². The minimum atomic E-state index is -0.0132. The molecule has 0 aliphatic carbocycles. The van der Waals surface area contributed by atoms with Gasteiger partial charge in [-0.25, -0.2) is 0 Å². The van der Waals surface area contributed by atoms with E-state index in [9.17, 15) is 9.59 Å². The third-order valence-electron chi connectivity index (χ3n) is 4.86. The fourth-order valence-corrected chi connectivity index (χ4v) is 3.41. The maximum atomic E-state index is 12.2. The van der Waals surface area contributed by atoms with Crippen LogP contribution in [-0.4, -0.2) is 31.7 Å². The highest BCUT2D eigenvalue weighted by Gasteiger charge is 2.21. The Labute approximate surface area is 158 Å². The number of anilines is 1. The Hall–Kier alpha value is -3.02. The van der Waals surface area contributed by atoms with Crippen LogP contribution < -0.4 is 19.7 Å². The van der Waals surface area contributed by atoms with E-state index in [0.717, 1.165) is 47.7 Å². The number of nitrogens with one attached hydrogen (secondary N) is 1. The van der Waals surface area contributed by atoms with Gasteiger partial charge in [0.2, 0.25) is 18.6 Å². The summed E-state index contributed by atoms with van der Waals surface area (Å²) in [7, 11) is 0. The third-order valence-corrected chi connectivity index (χ3v) is 4.86. The Morgan fingerprint density at radius 3 is 2.59 bits per heavy atom. The summed E-state index contributed by atoms with van der Waals surface area (Å²) >= 11 is 0. The summed E-state index contributed by atoms with van der Waals surface area (Å²) in [6.07, 6.45) is 2.59. The van der Waals surface area contributed by atoms with Crippen molar-refractivity contribution < 1.29 is 19.1 Å². The molecule has 1 saturated heterocycles. The average Bonchev–Trinajstić information content (AvgIpc) is 3.31. The van der Waals surface area contributed by atoms with Gasteiger partial charge in [0, 0.05) is 25.2 Å². The van der Waals surface area contributed by atoms with Crippen LogP contribution in [0.15, 0.2) is 42.5 Å². The van der Waals surface area contributed by atoms with Crippen LogP contribution in [0.2, 0.25) is 0 Å². The molecule has 2 aliphatic rings. The molecule has 0 radical (unpaired) electrons. The van der Waals surface area contributed by atoms with E-state index < -0.39 is 0 Å². The average molecular weight is 366 g/mol. The van der Waals surface area contributed by atoms with E-state index >= 15 is 0 Å². The fraction of sp³-hybridized carbons (Fsp3) is 0.333. The summed E-state index contributed by atoms with van der Waals surface area (Å²) < 4.78 is 10.7. The standard InChI is InChI=1S/C21H22N2O4/c24-20(22-10-9-16-5-8-18-19(12-16)27-14-26-18)13-15-3-6-17(7-4-15)23-11-1-2-21(23)25/h3-8,12H,1-2,9-11,13-14H2,(H,22,24). The Morgan fingerprint density at radius 1 is 1.04 bits per heavy atom. The van der Waals surface area contributed by atoms with Crippen LogP contribution >= 0.6 is 0 Å². The molecule has 2 aliphatic heterocycles. The summed E-state index contributed by atoms with van der Waals surface area (Å²) in [5.41, 5.74) is 2.94. The highest BCUT2D eigenvalue weighted by molar-refractivity contribution is 5.95. The number of rotatable bonds is 6. The van der Waals surface area contributed by atoms with Crippen molar-refractivity contribution in [3.05, 3.63) is 53.6 Å². The summed E-state index contributed by atoms with van der Waals surface area (Å²) in [6.45, 7) is 1.61. The van der Waals surface area contributed by atoms with Gasteiger partial charge < -0.3 is 19.7 Å². The molecule has 6 nitrogen and oxygen atoms in total. The second-order valence-corrected chi connectivity index (χ2v) is 6.78.